The predicted octanol–water partition coefficient (Wildman–Crippen LogP) is 2.56. The van der Waals surface area contributed by atoms with Crippen molar-refractivity contribution in [3.63, 3.8) is 0 Å². The Morgan fingerprint density at radius 3 is 2.33 bits per heavy atom. The average molecular weight is 174 g/mol. The first-order chi connectivity index (χ1) is 5.54. The largest absolute Gasteiger partial charge is 0.365 e. The van der Waals surface area contributed by atoms with Crippen LogP contribution in [0.5, 0.6) is 0 Å². The maximum absolute atomic E-state index is 9.82. The summed E-state index contributed by atoms with van der Waals surface area (Å²) in [6.07, 6.45) is 3.05. The highest BCUT2D eigenvalue weighted by atomic mass is 16.6. The van der Waals surface area contributed by atoms with Crippen LogP contribution in [0.4, 0.5) is 0 Å². The lowest BCUT2D eigenvalue weighted by Gasteiger charge is -2.30. The number of aliphatic hydroxyl groups is 1. The van der Waals surface area contributed by atoms with Gasteiger partial charge in [0.25, 0.3) is 0 Å². The van der Waals surface area contributed by atoms with Crippen LogP contribution in [0, 0.1) is 5.92 Å². The van der Waals surface area contributed by atoms with Crippen molar-refractivity contribution in [1.29, 1.82) is 0 Å². The van der Waals surface area contributed by atoms with E-state index >= 15 is 0 Å². The molecule has 0 rings (SSSR count). The van der Waals surface area contributed by atoms with Gasteiger partial charge in [0.15, 0.2) is 5.79 Å². The highest BCUT2D eigenvalue weighted by Gasteiger charge is 2.27. The molecule has 74 valence electrons. The van der Waals surface area contributed by atoms with Crippen molar-refractivity contribution >= 4 is 0 Å². The number of ether oxygens (including phenoxy) is 1. The van der Waals surface area contributed by atoms with E-state index in [2.05, 4.69) is 6.92 Å². The third kappa shape index (κ3) is 4.07. The van der Waals surface area contributed by atoms with Crippen LogP contribution in [-0.4, -0.2) is 17.5 Å². The molecule has 0 aliphatic carbocycles. The molecule has 0 aromatic heterocycles. The van der Waals surface area contributed by atoms with Gasteiger partial charge in [0.2, 0.25) is 0 Å². The minimum atomic E-state index is -0.938. The second-order valence-corrected chi connectivity index (χ2v) is 3.59. The van der Waals surface area contributed by atoms with E-state index in [4.69, 9.17) is 4.74 Å². The lowest BCUT2D eigenvalue weighted by Crippen LogP contribution is -2.36. The summed E-state index contributed by atoms with van der Waals surface area (Å²) in [5, 5.41) is 9.82. The lowest BCUT2D eigenvalue weighted by molar-refractivity contribution is -0.221. The van der Waals surface area contributed by atoms with Crippen molar-refractivity contribution in [3.8, 4) is 0 Å². The zero-order chi connectivity index (χ0) is 9.61. The monoisotopic (exact) mass is 174 g/mol. The van der Waals surface area contributed by atoms with Crippen molar-refractivity contribution in [3.05, 3.63) is 0 Å². The molecule has 0 amide bonds. The van der Waals surface area contributed by atoms with Crippen molar-refractivity contribution in [1.82, 2.24) is 0 Å². The van der Waals surface area contributed by atoms with Gasteiger partial charge in [0, 0.05) is 12.5 Å². The second-order valence-electron chi connectivity index (χ2n) is 3.59. The zero-order valence-corrected chi connectivity index (χ0v) is 8.76. The highest BCUT2D eigenvalue weighted by molar-refractivity contribution is 4.68. The first-order valence-corrected chi connectivity index (χ1v) is 4.90. The van der Waals surface area contributed by atoms with E-state index in [9.17, 15) is 5.11 Å². The molecule has 12 heavy (non-hydrogen) atoms. The first kappa shape index (κ1) is 11.9. The number of hydrogen-bond donors (Lipinski definition) is 1. The summed E-state index contributed by atoms with van der Waals surface area (Å²) in [4.78, 5) is 0. The third-order valence-corrected chi connectivity index (χ3v) is 2.23. The van der Waals surface area contributed by atoms with E-state index in [1.807, 2.05) is 13.8 Å². The topological polar surface area (TPSA) is 29.5 Å². The van der Waals surface area contributed by atoms with E-state index in [1.165, 1.54) is 0 Å². The Hall–Kier alpha value is -0.0800. The summed E-state index contributed by atoms with van der Waals surface area (Å²) in [6, 6.07) is 0. The van der Waals surface area contributed by atoms with Crippen molar-refractivity contribution in [2.45, 2.75) is 52.7 Å². The molecule has 2 atom stereocenters. The van der Waals surface area contributed by atoms with Gasteiger partial charge in [-0.3, -0.25) is 0 Å². The predicted molar refractivity (Wildman–Crippen MR) is 50.9 cm³/mol. The number of hydrogen-bond acceptors (Lipinski definition) is 2. The van der Waals surface area contributed by atoms with E-state index in [0.717, 1.165) is 19.3 Å². The Morgan fingerprint density at radius 2 is 1.92 bits per heavy atom. The third-order valence-electron chi connectivity index (χ3n) is 2.23. The van der Waals surface area contributed by atoms with Crippen molar-refractivity contribution < 1.29 is 9.84 Å². The fraction of sp³-hybridized carbons (Fsp3) is 1.00. The van der Waals surface area contributed by atoms with E-state index in [0.29, 0.717) is 6.61 Å². The van der Waals surface area contributed by atoms with Crippen LogP contribution in [0.1, 0.15) is 47.0 Å². The summed E-state index contributed by atoms with van der Waals surface area (Å²) in [5.41, 5.74) is 0. The zero-order valence-electron chi connectivity index (χ0n) is 8.76. The molecule has 0 aliphatic heterocycles. The fourth-order valence-corrected chi connectivity index (χ4v) is 1.15. The van der Waals surface area contributed by atoms with Gasteiger partial charge in [0.1, 0.15) is 0 Å². The standard InChI is InChI=1S/C10H22O2/c1-5-7-9(3)10(4,11)12-8-6-2/h9,11H,5-8H2,1-4H3. The molecule has 0 heterocycles. The van der Waals surface area contributed by atoms with Crippen LogP contribution >= 0.6 is 0 Å². The lowest BCUT2D eigenvalue weighted by atomic mass is 9.97. The molecule has 0 bridgehead atoms. The molecule has 1 N–H and O–H groups in total. The van der Waals surface area contributed by atoms with Crippen LogP contribution < -0.4 is 0 Å². The second kappa shape index (κ2) is 5.55. The molecule has 0 saturated carbocycles. The smallest absolute Gasteiger partial charge is 0.165 e. The quantitative estimate of drug-likeness (QED) is 0.627. The van der Waals surface area contributed by atoms with Crippen LogP contribution in [0.15, 0.2) is 0 Å². The van der Waals surface area contributed by atoms with Gasteiger partial charge in [0.05, 0.1) is 0 Å². The van der Waals surface area contributed by atoms with Gasteiger partial charge < -0.3 is 9.84 Å². The Labute approximate surface area is 75.9 Å². The van der Waals surface area contributed by atoms with Crippen LogP contribution in [-0.2, 0) is 4.74 Å². The van der Waals surface area contributed by atoms with Crippen molar-refractivity contribution in [2.75, 3.05) is 6.61 Å². The summed E-state index contributed by atoms with van der Waals surface area (Å²) < 4.78 is 5.35. The van der Waals surface area contributed by atoms with Crippen molar-refractivity contribution in [2.24, 2.45) is 5.92 Å². The fourth-order valence-electron chi connectivity index (χ4n) is 1.15. The molecular weight excluding hydrogens is 152 g/mol. The van der Waals surface area contributed by atoms with Gasteiger partial charge in [-0.25, -0.2) is 0 Å². The molecular formula is C10H22O2. The summed E-state index contributed by atoms with van der Waals surface area (Å²) >= 11 is 0. The van der Waals surface area contributed by atoms with Gasteiger partial charge in [-0.05, 0) is 19.8 Å². The van der Waals surface area contributed by atoms with Crippen LogP contribution in [0.3, 0.4) is 0 Å². The maximum atomic E-state index is 9.82. The van der Waals surface area contributed by atoms with Gasteiger partial charge in [-0.15, -0.1) is 0 Å². The molecule has 0 fully saturated rings. The molecule has 0 aliphatic rings. The summed E-state index contributed by atoms with van der Waals surface area (Å²) in [7, 11) is 0. The Morgan fingerprint density at radius 1 is 1.33 bits per heavy atom. The number of rotatable bonds is 6. The molecule has 0 aromatic carbocycles. The SMILES string of the molecule is CCCOC(C)(O)C(C)CCC. The van der Waals surface area contributed by atoms with E-state index in [1.54, 1.807) is 6.92 Å². The summed E-state index contributed by atoms with van der Waals surface area (Å²) in [5.74, 6) is -0.722. The molecule has 2 nitrogen and oxygen atoms in total. The molecule has 2 heteroatoms. The molecule has 0 spiro atoms. The first-order valence-electron chi connectivity index (χ1n) is 4.90. The summed E-state index contributed by atoms with van der Waals surface area (Å²) in [6.45, 7) is 8.58. The van der Waals surface area contributed by atoms with Gasteiger partial charge in [-0.2, -0.15) is 0 Å². The molecule has 0 aromatic rings. The average Bonchev–Trinajstić information content (AvgIpc) is 2.01. The van der Waals surface area contributed by atoms with E-state index in [-0.39, 0.29) is 5.92 Å². The Kier molecular flexibility index (Phi) is 5.51. The minimum absolute atomic E-state index is 0.217. The molecule has 0 radical (unpaired) electrons. The maximum Gasteiger partial charge on any atom is 0.165 e. The highest BCUT2D eigenvalue weighted by Crippen LogP contribution is 2.22. The Balaban J connectivity index is 3.81. The molecule has 0 saturated heterocycles. The van der Waals surface area contributed by atoms with Crippen LogP contribution in [0.25, 0.3) is 0 Å². The van der Waals surface area contributed by atoms with Gasteiger partial charge >= 0.3 is 0 Å². The normalized spacial score (nSPS) is 18.8. The van der Waals surface area contributed by atoms with Gasteiger partial charge in [-0.1, -0.05) is 27.2 Å². The molecule has 2 unspecified atom stereocenters. The Bertz CT molecular complexity index is 110. The van der Waals surface area contributed by atoms with E-state index < -0.39 is 5.79 Å². The van der Waals surface area contributed by atoms with Crippen LogP contribution in [0.2, 0.25) is 0 Å². The minimum Gasteiger partial charge on any atom is -0.365 e.